The number of anilines is 2. The zero-order chi connectivity index (χ0) is 19.4. The van der Waals surface area contributed by atoms with Crippen molar-refractivity contribution >= 4 is 32.7 Å². The summed E-state index contributed by atoms with van der Waals surface area (Å²) in [6.45, 7) is 1.40. The predicted octanol–water partition coefficient (Wildman–Crippen LogP) is 2.46. The summed E-state index contributed by atoms with van der Waals surface area (Å²) in [5.74, 6) is 2.59. The molecular weight excluding hydrogens is 362 g/mol. The first-order chi connectivity index (χ1) is 12.8. The van der Waals surface area contributed by atoms with Gasteiger partial charge in [-0.05, 0) is 49.7 Å². The molecule has 1 saturated carbocycles. The first-order valence-electron chi connectivity index (χ1n) is 9.44. The van der Waals surface area contributed by atoms with E-state index in [4.69, 9.17) is 0 Å². The van der Waals surface area contributed by atoms with E-state index in [1.54, 1.807) is 0 Å². The number of sulfonamides is 1. The van der Waals surface area contributed by atoms with Crippen LogP contribution in [0.15, 0.2) is 24.3 Å². The zero-order valence-electron chi connectivity index (χ0n) is 16.3. The average Bonchev–Trinajstić information content (AvgIpc) is 2.64. The van der Waals surface area contributed by atoms with E-state index in [0.717, 1.165) is 48.9 Å². The third-order valence-corrected chi connectivity index (χ3v) is 5.85. The Bertz CT molecular complexity index is 877. The van der Waals surface area contributed by atoms with Crippen molar-refractivity contribution < 1.29 is 8.42 Å². The molecule has 0 saturated heterocycles. The number of rotatable bonds is 7. The Hall–Kier alpha value is -1.93. The van der Waals surface area contributed by atoms with Crippen molar-refractivity contribution in [2.75, 3.05) is 43.7 Å². The highest BCUT2D eigenvalue weighted by molar-refractivity contribution is 7.88. The molecule has 0 atom stereocenters. The van der Waals surface area contributed by atoms with Gasteiger partial charge in [0.05, 0.1) is 11.8 Å². The molecule has 1 heterocycles. The highest BCUT2D eigenvalue weighted by atomic mass is 32.2. The summed E-state index contributed by atoms with van der Waals surface area (Å²) in [6, 6.07) is 8.04. The number of para-hydroxylation sites is 1. The predicted molar refractivity (Wildman–Crippen MR) is 111 cm³/mol. The van der Waals surface area contributed by atoms with E-state index in [-0.39, 0.29) is 0 Å². The number of hydrogen-bond acceptors (Lipinski definition) is 6. The van der Waals surface area contributed by atoms with Crippen LogP contribution in [0.4, 0.5) is 11.8 Å². The van der Waals surface area contributed by atoms with Crippen LogP contribution in [0.1, 0.15) is 25.7 Å². The van der Waals surface area contributed by atoms with Crippen LogP contribution in [-0.2, 0) is 10.0 Å². The van der Waals surface area contributed by atoms with Gasteiger partial charge in [-0.3, -0.25) is 0 Å². The molecule has 1 fully saturated rings. The van der Waals surface area contributed by atoms with Crippen molar-refractivity contribution in [3.8, 4) is 0 Å². The highest BCUT2D eigenvalue weighted by Crippen LogP contribution is 2.29. The lowest BCUT2D eigenvalue weighted by atomic mass is 9.82. The van der Waals surface area contributed by atoms with Crippen LogP contribution in [0.25, 0.3) is 10.9 Å². The monoisotopic (exact) mass is 391 g/mol. The van der Waals surface area contributed by atoms with Gasteiger partial charge in [0.25, 0.3) is 0 Å². The minimum absolute atomic E-state index is 0.438. The van der Waals surface area contributed by atoms with Crippen LogP contribution in [-0.4, -0.2) is 51.8 Å². The molecule has 1 aromatic heterocycles. The Morgan fingerprint density at radius 1 is 1.04 bits per heavy atom. The smallest absolute Gasteiger partial charge is 0.225 e. The molecule has 1 aromatic carbocycles. The van der Waals surface area contributed by atoms with Gasteiger partial charge in [-0.2, -0.15) is 4.98 Å². The number of nitrogens with one attached hydrogen (secondary N) is 2. The Labute approximate surface area is 161 Å². The first kappa shape index (κ1) is 19.8. The SMILES string of the molecule is CN(C)c1nc(NCC2CCC(CNS(C)(=O)=O)CC2)nc2ccccc12. The molecule has 1 aliphatic carbocycles. The third-order valence-electron chi connectivity index (χ3n) is 5.16. The molecule has 0 radical (unpaired) electrons. The van der Waals surface area contributed by atoms with Crippen molar-refractivity contribution in [3.05, 3.63) is 24.3 Å². The van der Waals surface area contributed by atoms with E-state index in [0.29, 0.717) is 24.3 Å². The lowest BCUT2D eigenvalue weighted by molar-refractivity contribution is 0.284. The second kappa shape index (κ2) is 8.39. The molecule has 0 aliphatic heterocycles. The third kappa shape index (κ3) is 5.52. The van der Waals surface area contributed by atoms with Crippen LogP contribution >= 0.6 is 0 Å². The quantitative estimate of drug-likeness (QED) is 0.754. The summed E-state index contributed by atoms with van der Waals surface area (Å²) in [4.78, 5) is 11.3. The number of fused-ring (bicyclic) bond motifs is 1. The molecule has 0 spiro atoms. The fourth-order valence-electron chi connectivity index (χ4n) is 3.62. The summed E-state index contributed by atoms with van der Waals surface area (Å²) in [6.07, 6.45) is 5.51. The zero-order valence-corrected chi connectivity index (χ0v) is 17.1. The van der Waals surface area contributed by atoms with Gasteiger partial charge in [0.2, 0.25) is 16.0 Å². The molecule has 7 nitrogen and oxygen atoms in total. The summed E-state index contributed by atoms with van der Waals surface area (Å²) >= 11 is 0. The van der Waals surface area contributed by atoms with Crippen LogP contribution in [0.3, 0.4) is 0 Å². The summed E-state index contributed by atoms with van der Waals surface area (Å²) < 4.78 is 25.1. The van der Waals surface area contributed by atoms with Gasteiger partial charge >= 0.3 is 0 Å². The van der Waals surface area contributed by atoms with Gasteiger partial charge < -0.3 is 10.2 Å². The minimum Gasteiger partial charge on any atom is -0.362 e. The van der Waals surface area contributed by atoms with Gasteiger partial charge in [0.1, 0.15) is 5.82 Å². The fraction of sp³-hybridized carbons (Fsp3) is 0.579. The van der Waals surface area contributed by atoms with Crippen LogP contribution in [0, 0.1) is 11.8 Å². The molecule has 148 valence electrons. The van der Waals surface area contributed by atoms with E-state index in [1.807, 2.05) is 43.3 Å². The van der Waals surface area contributed by atoms with E-state index in [1.165, 1.54) is 6.26 Å². The molecule has 0 bridgehead atoms. The van der Waals surface area contributed by atoms with Crippen molar-refractivity contribution in [3.63, 3.8) is 0 Å². The fourth-order valence-corrected chi connectivity index (χ4v) is 4.16. The summed E-state index contributed by atoms with van der Waals surface area (Å²) in [7, 11) is 0.886. The largest absolute Gasteiger partial charge is 0.362 e. The van der Waals surface area contributed by atoms with E-state index < -0.39 is 10.0 Å². The molecule has 2 N–H and O–H groups in total. The van der Waals surface area contributed by atoms with Crippen molar-refractivity contribution in [1.29, 1.82) is 0 Å². The topological polar surface area (TPSA) is 87.2 Å². The number of hydrogen-bond donors (Lipinski definition) is 2. The van der Waals surface area contributed by atoms with Crippen molar-refractivity contribution in [2.24, 2.45) is 11.8 Å². The van der Waals surface area contributed by atoms with Gasteiger partial charge in [-0.1, -0.05) is 12.1 Å². The Morgan fingerprint density at radius 2 is 1.67 bits per heavy atom. The normalized spacial score (nSPS) is 20.6. The summed E-state index contributed by atoms with van der Waals surface area (Å²) in [5.41, 5.74) is 0.939. The molecule has 27 heavy (non-hydrogen) atoms. The molecule has 0 amide bonds. The summed E-state index contributed by atoms with van der Waals surface area (Å²) in [5, 5.41) is 4.46. The number of benzene rings is 1. The van der Waals surface area contributed by atoms with Gasteiger partial charge in [-0.15, -0.1) is 0 Å². The lowest BCUT2D eigenvalue weighted by Gasteiger charge is -2.28. The highest BCUT2D eigenvalue weighted by Gasteiger charge is 2.22. The van der Waals surface area contributed by atoms with Crippen LogP contribution in [0.2, 0.25) is 0 Å². The van der Waals surface area contributed by atoms with Crippen molar-refractivity contribution in [2.45, 2.75) is 25.7 Å². The second-order valence-electron chi connectivity index (χ2n) is 7.67. The van der Waals surface area contributed by atoms with Crippen LogP contribution in [0.5, 0.6) is 0 Å². The maximum atomic E-state index is 11.2. The Kier molecular flexibility index (Phi) is 6.16. The van der Waals surface area contributed by atoms with E-state index in [9.17, 15) is 8.42 Å². The lowest BCUT2D eigenvalue weighted by Crippen LogP contribution is -2.31. The average molecular weight is 392 g/mol. The minimum atomic E-state index is -3.10. The maximum absolute atomic E-state index is 11.2. The van der Waals surface area contributed by atoms with Crippen molar-refractivity contribution in [1.82, 2.24) is 14.7 Å². The first-order valence-corrected chi connectivity index (χ1v) is 11.3. The Morgan fingerprint density at radius 3 is 2.30 bits per heavy atom. The molecular formula is C19H29N5O2S. The van der Waals surface area contributed by atoms with Gasteiger partial charge in [-0.25, -0.2) is 18.1 Å². The molecule has 0 unspecified atom stereocenters. The molecule has 2 aromatic rings. The van der Waals surface area contributed by atoms with Crippen LogP contribution < -0.4 is 14.9 Å². The number of aromatic nitrogens is 2. The van der Waals surface area contributed by atoms with Gasteiger partial charge in [0.15, 0.2) is 0 Å². The molecule has 8 heteroatoms. The molecule has 1 aliphatic rings. The molecule has 3 rings (SSSR count). The standard InChI is InChI=1S/C19H29N5O2S/c1-24(2)18-16-6-4-5-7-17(16)22-19(23-18)20-12-14-8-10-15(11-9-14)13-21-27(3,25)26/h4-7,14-15,21H,8-13H2,1-3H3,(H,20,22,23). The van der Waals surface area contributed by atoms with E-state index >= 15 is 0 Å². The Balaban J connectivity index is 1.57. The second-order valence-corrected chi connectivity index (χ2v) is 9.50. The number of nitrogens with zero attached hydrogens (tertiary/aromatic N) is 3. The van der Waals surface area contributed by atoms with E-state index in [2.05, 4.69) is 20.0 Å². The maximum Gasteiger partial charge on any atom is 0.225 e. The van der Waals surface area contributed by atoms with Gasteiger partial charge in [0, 0.05) is 32.6 Å².